The lowest BCUT2D eigenvalue weighted by atomic mass is 10.2. The first-order chi connectivity index (χ1) is 13.6. The van der Waals surface area contributed by atoms with Crippen molar-refractivity contribution in [2.75, 3.05) is 0 Å². The van der Waals surface area contributed by atoms with Gasteiger partial charge in [-0.15, -0.1) is 0 Å². The first-order valence-corrected chi connectivity index (χ1v) is 10.0. The maximum Gasteiger partial charge on any atom is 0.264 e. The molecule has 1 aliphatic rings. The van der Waals surface area contributed by atoms with Crippen molar-refractivity contribution in [3.8, 4) is 11.3 Å². The molecule has 2 heterocycles. The molecular weight excluding hydrogens is 392 g/mol. The van der Waals surface area contributed by atoms with Crippen molar-refractivity contribution in [3.63, 3.8) is 0 Å². The summed E-state index contributed by atoms with van der Waals surface area (Å²) in [6.07, 6.45) is 2.71. The number of hydrogen-bond donors (Lipinski definition) is 1. The summed E-state index contributed by atoms with van der Waals surface area (Å²) in [5.74, 6) is 1.14. The van der Waals surface area contributed by atoms with E-state index >= 15 is 0 Å². The van der Waals surface area contributed by atoms with Gasteiger partial charge >= 0.3 is 0 Å². The Hall–Kier alpha value is -2.76. The van der Waals surface area contributed by atoms with Crippen molar-refractivity contribution in [2.24, 2.45) is 4.99 Å². The summed E-state index contributed by atoms with van der Waals surface area (Å²) in [6.45, 7) is 2.11. The van der Waals surface area contributed by atoms with E-state index in [1.807, 2.05) is 60.7 Å². The fraction of sp³-hybridized carbons (Fsp3) is 0.0909. The van der Waals surface area contributed by atoms with E-state index in [-0.39, 0.29) is 5.91 Å². The monoisotopic (exact) mass is 408 g/mol. The number of carbonyl (C=O) groups is 1. The molecule has 0 radical (unpaired) electrons. The number of amidine groups is 1. The number of rotatable bonds is 4. The second-order valence-corrected chi connectivity index (χ2v) is 7.68. The Balaban J connectivity index is 1.51. The minimum atomic E-state index is -0.182. The van der Waals surface area contributed by atoms with E-state index in [0.29, 0.717) is 20.9 Å². The highest BCUT2D eigenvalue weighted by molar-refractivity contribution is 8.18. The molecule has 0 atom stereocenters. The zero-order chi connectivity index (χ0) is 19.5. The third kappa shape index (κ3) is 4.21. The predicted molar refractivity (Wildman–Crippen MR) is 116 cm³/mol. The number of thioether (sulfide) groups is 1. The summed E-state index contributed by atoms with van der Waals surface area (Å²) in [5.41, 5.74) is 2.99. The molecule has 3 aromatic rings. The smallest absolute Gasteiger partial charge is 0.264 e. The Bertz CT molecular complexity index is 1070. The van der Waals surface area contributed by atoms with Crippen molar-refractivity contribution in [3.05, 3.63) is 81.9 Å². The minimum Gasteiger partial charge on any atom is -0.457 e. The summed E-state index contributed by atoms with van der Waals surface area (Å²) in [4.78, 5) is 17.3. The summed E-state index contributed by atoms with van der Waals surface area (Å²) in [7, 11) is 0. The Morgan fingerprint density at radius 1 is 1.07 bits per heavy atom. The zero-order valence-corrected chi connectivity index (χ0v) is 16.7. The highest BCUT2D eigenvalue weighted by atomic mass is 35.5. The number of amides is 1. The van der Waals surface area contributed by atoms with E-state index in [0.717, 1.165) is 23.4 Å². The molecule has 2 aromatic carbocycles. The van der Waals surface area contributed by atoms with Gasteiger partial charge in [-0.3, -0.25) is 4.79 Å². The van der Waals surface area contributed by atoms with Gasteiger partial charge in [-0.05, 0) is 72.3 Å². The largest absolute Gasteiger partial charge is 0.457 e. The number of nitrogens with zero attached hydrogens (tertiary/aromatic N) is 1. The van der Waals surface area contributed by atoms with Crippen LogP contribution < -0.4 is 5.32 Å². The Labute approximate surface area is 172 Å². The van der Waals surface area contributed by atoms with Gasteiger partial charge in [0.1, 0.15) is 11.5 Å². The molecule has 1 saturated heterocycles. The van der Waals surface area contributed by atoms with Gasteiger partial charge in [0.15, 0.2) is 5.17 Å². The first-order valence-electron chi connectivity index (χ1n) is 8.85. The van der Waals surface area contributed by atoms with Crippen molar-refractivity contribution < 1.29 is 9.21 Å². The number of nitrogens with one attached hydrogen (secondary N) is 1. The average Bonchev–Trinajstić information content (AvgIpc) is 3.30. The van der Waals surface area contributed by atoms with Gasteiger partial charge in [-0.25, -0.2) is 4.99 Å². The van der Waals surface area contributed by atoms with Crippen LogP contribution in [0.5, 0.6) is 0 Å². The van der Waals surface area contributed by atoms with Crippen LogP contribution in [-0.4, -0.2) is 11.1 Å². The van der Waals surface area contributed by atoms with Gasteiger partial charge in [0, 0.05) is 16.7 Å². The topological polar surface area (TPSA) is 54.6 Å². The van der Waals surface area contributed by atoms with E-state index in [2.05, 4.69) is 17.2 Å². The molecule has 1 N–H and O–H groups in total. The normalized spacial score (nSPS) is 16.7. The van der Waals surface area contributed by atoms with Crippen LogP contribution in [0.1, 0.15) is 18.2 Å². The lowest BCUT2D eigenvalue weighted by molar-refractivity contribution is -0.115. The fourth-order valence-corrected chi connectivity index (χ4v) is 3.68. The summed E-state index contributed by atoms with van der Waals surface area (Å²) >= 11 is 7.22. The highest BCUT2D eigenvalue weighted by Gasteiger charge is 2.24. The van der Waals surface area contributed by atoms with Gasteiger partial charge in [-0.2, -0.15) is 0 Å². The number of aliphatic imine (C=N–C) groups is 1. The quantitative estimate of drug-likeness (QED) is 0.534. The molecule has 4 nitrogen and oxygen atoms in total. The van der Waals surface area contributed by atoms with E-state index < -0.39 is 0 Å². The molecule has 6 heteroatoms. The van der Waals surface area contributed by atoms with Gasteiger partial charge in [0.2, 0.25) is 0 Å². The molecule has 1 amide bonds. The highest BCUT2D eigenvalue weighted by Crippen LogP contribution is 2.30. The number of hydrogen-bond acceptors (Lipinski definition) is 4. The Morgan fingerprint density at radius 3 is 2.54 bits per heavy atom. The first kappa shape index (κ1) is 18.6. The van der Waals surface area contributed by atoms with E-state index in [1.165, 1.54) is 17.3 Å². The van der Waals surface area contributed by atoms with Gasteiger partial charge in [0.25, 0.3) is 5.91 Å². The SMILES string of the molecule is CCc1ccc(N=C2NC(=O)/C(=C\c3ccc(-c4ccc(Cl)cc4)o3)S2)cc1. The molecule has 0 bridgehead atoms. The third-order valence-electron chi connectivity index (χ3n) is 4.25. The van der Waals surface area contributed by atoms with E-state index in [9.17, 15) is 4.79 Å². The van der Waals surface area contributed by atoms with Crippen LogP contribution in [0.25, 0.3) is 17.4 Å². The number of halogens is 1. The van der Waals surface area contributed by atoms with E-state index in [4.69, 9.17) is 16.0 Å². The lowest BCUT2D eigenvalue weighted by Gasteiger charge is -1.98. The van der Waals surface area contributed by atoms with Crippen LogP contribution in [0.2, 0.25) is 5.02 Å². The molecule has 28 heavy (non-hydrogen) atoms. The van der Waals surface area contributed by atoms with Gasteiger partial charge in [-0.1, -0.05) is 30.7 Å². The Morgan fingerprint density at radius 2 is 1.82 bits per heavy atom. The van der Waals surface area contributed by atoms with Gasteiger partial charge in [0.05, 0.1) is 10.6 Å². The molecule has 0 unspecified atom stereocenters. The van der Waals surface area contributed by atoms with Crippen LogP contribution in [-0.2, 0) is 11.2 Å². The van der Waals surface area contributed by atoms with Crippen LogP contribution >= 0.6 is 23.4 Å². The molecule has 1 fully saturated rings. The molecule has 4 rings (SSSR count). The van der Waals surface area contributed by atoms with Crippen molar-refractivity contribution >= 4 is 46.2 Å². The molecule has 0 saturated carbocycles. The molecule has 0 spiro atoms. The molecule has 140 valence electrons. The Kier molecular flexibility index (Phi) is 5.37. The number of carbonyl (C=O) groups excluding carboxylic acids is 1. The second kappa shape index (κ2) is 8.09. The number of aryl methyl sites for hydroxylation is 1. The maximum atomic E-state index is 12.3. The minimum absolute atomic E-state index is 0.182. The van der Waals surface area contributed by atoms with Crippen molar-refractivity contribution in [2.45, 2.75) is 13.3 Å². The van der Waals surface area contributed by atoms with E-state index in [1.54, 1.807) is 6.08 Å². The van der Waals surface area contributed by atoms with Crippen LogP contribution in [0.15, 0.2) is 75.0 Å². The standard InChI is InChI=1S/C22H17ClN2O2S/c1-2-14-3-9-17(10-4-14)24-22-25-21(26)20(28-22)13-18-11-12-19(27-18)15-5-7-16(23)8-6-15/h3-13H,2H2,1H3,(H,24,25,26)/b20-13+. The molecular formula is C22H17ClN2O2S. The zero-order valence-electron chi connectivity index (χ0n) is 15.1. The summed E-state index contributed by atoms with van der Waals surface area (Å²) in [5, 5.41) is 4.03. The van der Waals surface area contributed by atoms with Crippen LogP contribution in [0.3, 0.4) is 0 Å². The fourth-order valence-electron chi connectivity index (χ4n) is 2.73. The molecule has 1 aromatic heterocycles. The third-order valence-corrected chi connectivity index (χ3v) is 5.42. The second-order valence-electron chi connectivity index (χ2n) is 6.21. The van der Waals surface area contributed by atoms with Crippen molar-refractivity contribution in [1.82, 2.24) is 5.32 Å². The molecule has 0 aliphatic carbocycles. The average molecular weight is 409 g/mol. The summed E-state index contributed by atoms with van der Waals surface area (Å²) < 4.78 is 5.85. The van der Waals surface area contributed by atoms with Crippen LogP contribution in [0, 0.1) is 0 Å². The van der Waals surface area contributed by atoms with Gasteiger partial charge < -0.3 is 9.73 Å². The predicted octanol–water partition coefficient (Wildman–Crippen LogP) is 6.05. The lowest BCUT2D eigenvalue weighted by Crippen LogP contribution is -2.19. The summed E-state index contributed by atoms with van der Waals surface area (Å²) in [6, 6.07) is 19.1. The number of furan rings is 1. The molecule has 1 aliphatic heterocycles. The van der Waals surface area contributed by atoms with Crippen LogP contribution in [0.4, 0.5) is 5.69 Å². The number of benzene rings is 2. The maximum absolute atomic E-state index is 12.3. The van der Waals surface area contributed by atoms with Crippen molar-refractivity contribution in [1.29, 1.82) is 0 Å².